The van der Waals surface area contributed by atoms with Gasteiger partial charge in [-0.05, 0) is 59.3 Å². The lowest BCUT2D eigenvalue weighted by molar-refractivity contribution is -0.137. The second kappa shape index (κ2) is 7.86. The number of hydrogen-bond donors (Lipinski definition) is 1. The molecule has 0 fully saturated rings. The molecule has 4 nitrogen and oxygen atoms in total. The number of fused-ring (bicyclic) bond motifs is 8. The first-order valence-electron chi connectivity index (χ1n) is 12.0. The minimum Gasteiger partial charge on any atom is -0.456 e. The molecule has 1 spiro atoms. The second-order valence-electron chi connectivity index (χ2n) is 9.29. The van der Waals surface area contributed by atoms with Crippen LogP contribution in [0, 0.1) is 0 Å². The van der Waals surface area contributed by atoms with Crippen molar-refractivity contribution >= 4 is 28.1 Å². The van der Waals surface area contributed by atoms with Gasteiger partial charge in [0.15, 0.2) is 5.60 Å². The molecule has 1 unspecified atom stereocenters. The van der Waals surface area contributed by atoms with Gasteiger partial charge in [0.2, 0.25) is 0 Å². The predicted molar refractivity (Wildman–Crippen MR) is 137 cm³/mol. The molecule has 38 heavy (non-hydrogen) atoms. The molecular formula is C31H18F3NO3. The van der Waals surface area contributed by atoms with Crippen LogP contribution in [0.15, 0.2) is 103 Å². The highest BCUT2D eigenvalue weighted by molar-refractivity contribution is 6.00. The van der Waals surface area contributed by atoms with Crippen LogP contribution >= 0.6 is 0 Å². The van der Waals surface area contributed by atoms with Crippen LogP contribution in [0.4, 0.5) is 24.5 Å². The third kappa shape index (κ3) is 3.21. The Morgan fingerprint density at radius 1 is 0.711 bits per heavy atom. The smallest absolute Gasteiger partial charge is 0.416 e. The number of nitrogens with one attached hydrogen (secondary N) is 1. The van der Waals surface area contributed by atoms with Crippen LogP contribution in [0.1, 0.15) is 32.6 Å². The highest BCUT2D eigenvalue weighted by Crippen LogP contribution is 2.58. The normalized spacial score (nSPS) is 17.4. The van der Waals surface area contributed by atoms with Crippen LogP contribution in [-0.2, 0) is 16.5 Å². The molecule has 1 atom stereocenters. The molecule has 7 rings (SSSR count). The van der Waals surface area contributed by atoms with Crippen LogP contribution in [0.5, 0.6) is 11.5 Å². The maximum atomic E-state index is 13.1. The summed E-state index contributed by atoms with van der Waals surface area (Å²) in [6.07, 6.45) is -4.40. The van der Waals surface area contributed by atoms with Gasteiger partial charge in [0.25, 0.3) is 0 Å². The van der Waals surface area contributed by atoms with E-state index < -0.39 is 23.3 Å². The molecule has 1 N–H and O–H groups in total. The molecule has 186 valence electrons. The standard InChI is InChI=1S/C31H18F3NO3/c32-31(33,34)19-10-12-20(13-11-19)35-21-14-15-25-27(17-21)37-26-16-9-18-5-1-2-6-22(18)28(26)30(25)24-8-4-3-7-23(24)29(36)38-30/h1-17,35H. The van der Waals surface area contributed by atoms with E-state index in [9.17, 15) is 18.0 Å². The van der Waals surface area contributed by atoms with Crippen molar-refractivity contribution in [3.8, 4) is 11.5 Å². The summed E-state index contributed by atoms with van der Waals surface area (Å²) in [5, 5.41) is 5.03. The zero-order valence-electron chi connectivity index (χ0n) is 19.7. The highest BCUT2D eigenvalue weighted by Gasteiger charge is 2.54. The van der Waals surface area contributed by atoms with Gasteiger partial charge in [-0.25, -0.2) is 4.79 Å². The summed E-state index contributed by atoms with van der Waals surface area (Å²) in [5.41, 5.74) is 1.81. The van der Waals surface area contributed by atoms with E-state index in [-0.39, 0.29) is 0 Å². The van der Waals surface area contributed by atoms with E-state index in [1.165, 1.54) is 12.1 Å². The molecule has 2 heterocycles. The highest BCUT2D eigenvalue weighted by atomic mass is 19.4. The van der Waals surface area contributed by atoms with Crippen LogP contribution in [0.2, 0.25) is 0 Å². The van der Waals surface area contributed by atoms with Gasteiger partial charge in [-0.3, -0.25) is 0 Å². The number of hydrogen-bond acceptors (Lipinski definition) is 4. The number of ether oxygens (including phenoxy) is 2. The van der Waals surface area contributed by atoms with Crippen LogP contribution < -0.4 is 10.1 Å². The van der Waals surface area contributed by atoms with Gasteiger partial charge < -0.3 is 14.8 Å². The van der Waals surface area contributed by atoms with Crippen molar-refractivity contribution in [3.05, 3.63) is 131 Å². The zero-order valence-corrected chi connectivity index (χ0v) is 19.7. The first-order chi connectivity index (χ1) is 18.3. The summed E-state index contributed by atoms with van der Waals surface area (Å²) in [6.45, 7) is 0. The van der Waals surface area contributed by atoms with Gasteiger partial charge in [-0.15, -0.1) is 0 Å². The maximum Gasteiger partial charge on any atom is 0.416 e. The fourth-order valence-electron chi connectivity index (χ4n) is 5.44. The minimum absolute atomic E-state index is 0.417. The summed E-state index contributed by atoms with van der Waals surface area (Å²) in [5.74, 6) is 0.626. The Morgan fingerprint density at radius 2 is 1.45 bits per heavy atom. The lowest BCUT2D eigenvalue weighted by atomic mass is 9.76. The van der Waals surface area contributed by atoms with Crippen molar-refractivity contribution in [3.63, 3.8) is 0 Å². The van der Waals surface area contributed by atoms with Gasteiger partial charge in [0.05, 0.1) is 16.7 Å². The van der Waals surface area contributed by atoms with Gasteiger partial charge in [0, 0.05) is 28.6 Å². The van der Waals surface area contributed by atoms with Gasteiger partial charge in [0.1, 0.15) is 11.5 Å². The summed E-state index contributed by atoms with van der Waals surface area (Å²) in [4.78, 5) is 13.1. The quantitative estimate of drug-likeness (QED) is 0.244. The number of halogens is 3. The number of alkyl halides is 3. The van der Waals surface area contributed by atoms with E-state index >= 15 is 0 Å². The largest absolute Gasteiger partial charge is 0.456 e. The molecule has 0 bridgehead atoms. The Bertz CT molecular complexity index is 1760. The van der Waals surface area contributed by atoms with Crippen molar-refractivity contribution in [2.45, 2.75) is 11.8 Å². The van der Waals surface area contributed by atoms with E-state index in [0.29, 0.717) is 34.0 Å². The SMILES string of the molecule is O=C1OC2(c3ccc(Nc4ccc(C(F)(F)F)cc4)cc3Oc3ccc4ccccc4c32)c2ccccc21. The lowest BCUT2D eigenvalue weighted by Crippen LogP contribution is -2.33. The topological polar surface area (TPSA) is 47.6 Å². The van der Waals surface area contributed by atoms with Crippen molar-refractivity contribution in [2.24, 2.45) is 0 Å². The minimum atomic E-state index is -4.40. The first-order valence-corrected chi connectivity index (χ1v) is 12.0. The second-order valence-corrected chi connectivity index (χ2v) is 9.29. The number of benzene rings is 5. The summed E-state index contributed by atoms with van der Waals surface area (Å²) < 4.78 is 51.5. The van der Waals surface area contributed by atoms with E-state index in [1.807, 2.05) is 54.6 Å². The van der Waals surface area contributed by atoms with E-state index in [2.05, 4.69) is 5.32 Å². The Labute approximate surface area is 215 Å². The summed E-state index contributed by atoms with van der Waals surface area (Å²) >= 11 is 0. The van der Waals surface area contributed by atoms with Crippen molar-refractivity contribution in [2.75, 3.05) is 5.32 Å². The maximum absolute atomic E-state index is 13.1. The molecule has 0 saturated carbocycles. The molecule has 5 aromatic rings. The number of rotatable bonds is 2. The lowest BCUT2D eigenvalue weighted by Gasteiger charge is -2.37. The van der Waals surface area contributed by atoms with Crippen molar-refractivity contribution in [1.82, 2.24) is 0 Å². The molecule has 5 aromatic carbocycles. The molecular weight excluding hydrogens is 491 g/mol. The van der Waals surface area contributed by atoms with Crippen molar-refractivity contribution in [1.29, 1.82) is 0 Å². The first kappa shape index (κ1) is 22.4. The van der Waals surface area contributed by atoms with Crippen LogP contribution in [-0.4, -0.2) is 5.97 Å². The number of carbonyl (C=O) groups excluding carboxylic acids is 1. The Hall–Kier alpha value is -4.78. The van der Waals surface area contributed by atoms with Gasteiger partial charge in [-0.2, -0.15) is 13.2 Å². The molecule has 7 heteroatoms. The third-order valence-electron chi connectivity index (χ3n) is 7.10. The number of esters is 1. The Kier molecular flexibility index (Phi) is 4.64. The van der Waals surface area contributed by atoms with E-state index in [0.717, 1.165) is 34.0 Å². The van der Waals surface area contributed by atoms with Gasteiger partial charge in [-0.1, -0.05) is 48.5 Å². The van der Waals surface area contributed by atoms with Gasteiger partial charge >= 0.3 is 12.1 Å². The predicted octanol–water partition coefficient (Wildman–Crippen LogP) is 8.17. The molecule has 0 amide bonds. The average molecular weight is 509 g/mol. The fourth-order valence-corrected chi connectivity index (χ4v) is 5.44. The van der Waals surface area contributed by atoms with E-state index in [1.54, 1.807) is 24.3 Å². The van der Waals surface area contributed by atoms with E-state index in [4.69, 9.17) is 9.47 Å². The number of anilines is 2. The fraction of sp³-hybridized carbons (Fsp3) is 0.0645. The van der Waals surface area contributed by atoms with Crippen LogP contribution in [0.25, 0.3) is 10.8 Å². The van der Waals surface area contributed by atoms with Crippen LogP contribution in [0.3, 0.4) is 0 Å². The Morgan fingerprint density at radius 3 is 2.26 bits per heavy atom. The average Bonchev–Trinajstić information content (AvgIpc) is 3.21. The summed E-state index contributed by atoms with van der Waals surface area (Å²) in [7, 11) is 0. The molecule has 0 saturated heterocycles. The summed E-state index contributed by atoms with van der Waals surface area (Å²) in [6, 6.07) is 29.2. The molecule has 2 aliphatic heterocycles. The number of carbonyl (C=O) groups is 1. The molecule has 0 radical (unpaired) electrons. The Balaban J connectivity index is 1.39. The third-order valence-corrected chi connectivity index (χ3v) is 7.10. The zero-order chi connectivity index (χ0) is 26.1. The van der Waals surface area contributed by atoms with Crippen molar-refractivity contribution < 1.29 is 27.4 Å². The molecule has 0 aromatic heterocycles. The molecule has 2 aliphatic rings. The monoisotopic (exact) mass is 509 g/mol. The molecule has 0 aliphatic carbocycles.